The molecule has 0 atom stereocenters. The van der Waals surface area contributed by atoms with E-state index in [0.29, 0.717) is 0 Å². The first-order chi connectivity index (χ1) is 8.00. The molecule has 0 unspecified atom stereocenters. The summed E-state index contributed by atoms with van der Waals surface area (Å²) in [7, 11) is 0. The molecule has 1 aromatic rings. The maximum absolute atomic E-state index is 13.3. The Hall–Kier alpha value is -1.82. The van der Waals surface area contributed by atoms with E-state index in [4.69, 9.17) is 16.7 Å². The zero-order valence-corrected chi connectivity index (χ0v) is 9.42. The number of nitrogens with one attached hydrogen (secondary N) is 2. The summed E-state index contributed by atoms with van der Waals surface area (Å²) in [5.41, 5.74) is 0.152. The van der Waals surface area contributed by atoms with Crippen LogP contribution in [0.25, 0.3) is 0 Å². The Balaban J connectivity index is 2.50. The summed E-state index contributed by atoms with van der Waals surface area (Å²) in [5.74, 6) is -1.69. The molecule has 2 amide bonds. The van der Waals surface area contributed by atoms with Crippen molar-refractivity contribution in [3.8, 4) is 0 Å². The van der Waals surface area contributed by atoms with Crippen LogP contribution in [0.2, 0.25) is 5.02 Å². The second-order valence-corrected chi connectivity index (χ2v) is 3.54. The average Bonchev–Trinajstić information content (AvgIpc) is 2.25. The van der Waals surface area contributed by atoms with E-state index in [1.807, 2.05) is 0 Å². The van der Waals surface area contributed by atoms with Crippen LogP contribution in [0, 0.1) is 5.82 Å². The summed E-state index contributed by atoms with van der Waals surface area (Å²) < 4.78 is 13.3. The van der Waals surface area contributed by atoms with Gasteiger partial charge in [0.2, 0.25) is 0 Å². The first kappa shape index (κ1) is 13.2. The molecule has 1 rings (SSSR count). The van der Waals surface area contributed by atoms with Crippen molar-refractivity contribution in [2.45, 2.75) is 6.54 Å². The van der Waals surface area contributed by atoms with Gasteiger partial charge < -0.3 is 15.7 Å². The van der Waals surface area contributed by atoms with Crippen molar-refractivity contribution in [1.29, 1.82) is 0 Å². The zero-order valence-electron chi connectivity index (χ0n) is 8.67. The predicted octanol–water partition coefficient (Wildman–Crippen LogP) is 1.36. The third kappa shape index (κ3) is 4.28. The first-order valence-corrected chi connectivity index (χ1v) is 5.05. The van der Waals surface area contributed by atoms with E-state index in [2.05, 4.69) is 10.6 Å². The molecule has 92 valence electrons. The van der Waals surface area contributed by atoms with Crippen LogP contribution in [0.5, 0.6) is 0 Å². The van der Waals surface area contributed by atoms with Crippen molar-refractivity contribution in [3.63, 3.8) is 0 Å². The number of amides is 2. The van der Waals surface area contributed by atoms with Gasteiger partial charge in [-0.25, -0.2) is 9.18 Å². The maximum Gasteiger partial charge on any atom is 0.323 e. The van der Waals surface area contributed by atoms with Gasteiger partial charge in [0, 0.05) is 17.1 Å². The van der Waals surface area contributed by atoms with Gasteiger partial charge in [0.1, 0.15) is 12.4 Å². The van der Waals surface area contributed by atoms with Crippen molar-refractivity contribution in [2.24, 2.45) is 0 Å². The molecule has 17 heavy (non-hydrogen) atoms. The third-order valence-corrected chi connectivity index (χ3v) is 2.24. The van der Waals surface area contributed by atoms with Gasteiger partial charge in [0.25, 0.3) is 0 Å². The zero-order chi connectivity index (χ0) is 12.8. The minimum atomic E-state index is -1.16. The molecule has 0 saturated heterocycles. The van der Waals surface area contributed by atoms with Crippen LogP contribution in [0.4, 0.5) is 9.18 Å². The Labute approximate surface area is 102 Å². The van der Waals surface area contributed by atoms with E-state index in [0.717, 1.165) is 0 Å². The number of carboxylic acids is 1. The minimum Gasteiger partial charge on any atom is -0.480 e. The number of rotatable bonds is 4. The molecule has 7 heteroatoms. The predicted molar refractivity (Wildman–Crippen MR) is 59.3 cm³/mol. The molecule has 0 heterocycles. The van der Waals surface area contributed by atoms with Gasteiger partial charge in [-0.15, -0.1) is 0 Å². The molecule has 0 spiro atoms. The Morgan fingerprint density at radius 3 is 2.65 bits per heavy atom. The Morgan fingerprint density at radius 1 is 1.35 bits per heavy atom. The van der Waals surface area contributed by atoms with E-state index in [1.165, 1.54) is 18.2 Å². The number of halogens is 2. The summed E-state index contributed by atoms with van der Waals surface area (Å²) in [5, 5.41) is 12.9. The van der Waals surface area contributed by atoms with Crippen LogP contribution in [0.15, 0.2) is 18.2 Å². The highest BCUT2D eigenvalue weighted by Gasteiger charge is 2.08. The van der Waals surface area contributed by atoms with E-state index in [-0.39, 0.29) is 17.1 Å². The van der Waals surface area contributed by atoms with Crippen molar-refractivity contribution >= 4 is 23.6 Å². The van der Waals surface area contributed by atoms with Crippen molar-refractivity contribution in [1.82, 2.24) is 10.6 Å². The van der Waals surface area contributed by atoms with Crippen molar-refractivity contribution < 1.29 is 19.1 Å². The summed E-state index contributed by atoms with van der Waals surface area (Å²) in [6.07, 6.45) is 0. The Kier molecular flexibility index (Phi) is 4.71. The molecular formula is C10H10ClFN2O3. The van der Waals surface area contributed by atoms with Crippen LogP contribution < -0.4 is 10.6 Å². The maximum atomic E-state index is 13.3. The summed E-state index contributed by atoms with van der Waals surface area (Å²) in [6, 6.07) is 3.47. The summed E-state index contributed by atoms with van der Waals surface area (Å²) >= 11 is 5.73. The van der Waals surface area contributed by atoms with Gasteiger partial charge in [-0.1, -0.05) is 17.7 Å². The Bertz CT molecular complexity index is 419. The largest absolute Gasteiger partial charge is 0.480 e. The van der Waals surface area contributed by atoms with E-state index < -0.39 is 24.4 Å². The third-order valence-electron chi connectivity index (χ3n) is 1.89. The van der Waals surface area contributed by atoms with Gasteiger partial charge in [-0.2, -0.15) is 0 Å². The monoisotopic (exact) mass is 260 g/mol. The lowest BCUT2D eigenvalue weighted by atomic mass is 10.2. The fraction of sp³-hybridized carbons (Fsp3) is 0.200. The van der Waals surface area contributed by atoms with Gasteiger partial charge in [-0.3, -0.25) is 4.79 Å². The molecule has 0 fully saturated rings. The highest BCUT2D eigenvalue weighted by molar-refractivity contribution is 6.31. The quantitative estimate of drug-likeness (QED) is 0.765. The fourth-order valence-corrected chi connectivity index (χ4v) is 1.32. The minimum absolute atomic E-state index is 0.114. The van der Waals surface area contributed by atoms with E-state index in [1.54, 1.807) is 0 Å². The van der Waals surface area contributed by atoms with Crippen LogP contribution in [0.3, 0.4) is 0 Å². The van der Waals surface area contributed by atoms with Crippen molar-refractivity contribution in [3.05, 3.63) is 34.6 Å². The molecular weight excluding hydrogens is 251 g/mol. The molecule has 0 aliphatic rings. The van der Waals surface area contributed by atoms with E-state index in [9.17, 15) is 14.0 Å². The molecule has 5 nitrogen and oxygen atoms in total. The summed E-state index contributed by atoms with van der Waals surface area (Å²) in [4.78, 5) is 21.3. The lowest BCUT2D eigenvalue weighted by molar-refractivity contribution is -0.135. The highest BCUT2D eigenvalue weighted by Crippen LogP contribution is 2.18. The molecule has 0 aliphatic heterocycles. The smallest absolute Gasteiger partial charge is 0.323 e. The Morgan fingerprint density at radius 2 is 2.06 bits per heavy atom. The van der Waals surface area contributed by atoms with Crippen LogP contribution in [0.1, 0.15) is 5.56 Å². The van der Waals surface area contributed by atoms with Crippen LogP contribution in [-0.2, 0) is 11.3 Å². The number of carbonyl (C=O) groups is 2. The molecule has 0 radical (unpaired) electrons. The fourth-order valence-electron chi connectivity index (χ4n) is 1.09. The number of hydrogen-bond acceptors (Lipinski definition) is 2. The molecule has 3 N–H and O–H groups in total. The van der Waals surface area contributed by atoms with Gasteiger partial charge >= 0.3 is 12.0 Å². The number of urea groups is 1. The van der Waals surface area contributed by atoms with Gasteiger partial charge in [-0.05, 0) is 12.1 Å². The SMILES string of the molecule is O=C(O)CNC(=O)NCc1c(F)cccc1Cl. The van der Waals surface area contributed by atoms with Crippen LogP contribution >= 0.6 is 11.6 Å². The molecule has 0 saturated carbocycles. The van der Waals surface area contributed by atoms with Gasteiger partial charge in [0.15, 0.2) is 0 Å². The second-order valence-electron chi connectivity index (χ2n) is 3.13. The second kappa shape index (κ2) is 6.05. The number of carboxylic acid groups (broad SMARTS) is 1. The molecule has 0 bridgehead atoms. The molecule has 0 aromatic heterocycles. The van der Waals surface area contributed by atoms with E-state index >= 15 is 0 Å². The molecule has 1 aromatic carbocycles. The first-order valence-electron chi connectivity index (χ1n) is 4.67. The van der Waals surface area contributed by atoms with Crippen molar-refractivity contribution in [2.75, 3.05) is 6.54 Å². The standard InChI is InChI=1S/C10H10ClFN2O3/c11-7-2-1-3-8(12)6(7)4-13-10(17)14-5-9(15)16/h1-3H,4-5H2,(H,15,16)(H2,13,14,17). The number of aliphatic carboxylic acids is 1. The lowest BCUT2D eigenvalue weighted by Crippen LogP contribution is -2.38. The number of benzene rings is 1. The average molecular weight is 261 g/mol. The lowest BCUT2D eigenvalue weighted by Gasteiger charge is -2.08. The highest BCUT2D eigenvalue weighted by atomic mass is 35.5. The number of hydrogen-bond donors (Lipinski definition) is 3. The topological polar surface area (TPSA) is 78.4 Å². The molecule has 0 aliphatic carbocycles. The number of carbonyl (C=O) groups excluding carboxylic acids is 1. The normalized spacial score (nSPS) is 9.76. The van der Waals surface area contributed by atoms with Gasteiger partial charge in [0.05, 0.1) is 0 Å². The van der Waals surface area contributed by atoms with Crippen LogP contribution in [-0.4, -0.2) is 23.7 Å². The summed E-state index contributed by atoms with van der Waals surface area (Å²) in [6.45, 7) is -0.617.